The lowest BCUT2D eigenvalue weighted by Crippen LogP contribution is -1.91. The number of pyridine rings is 1. The molecule has 0 spiro atoms. The van der Waals surface area contributed by atoms with Gasteiger partial charge in [0.15, 0.2) is 5.82 Å². The predicted molar refractivity (Wildman–Crippen MR) is 82.9 cm³/mol. The number of imidazole rings is 1. The molecule has 0 saturated heterocycles. The first-order valence-electron chi connectivity index (χ1n) is 6.98. The number of fused-ring (bicyclic) bond motifs is 1. The minimum absolute atomic E-state index is 0.532. The molecule has 3 heteroatoms. The van der Waals surface area contributed by atoms with Crippen LogP contribution in [0.15, 0.2) is 30.5 Å². The third-order valence-corrected chi connectivity index (χ3v) is 3.81. The first-order valence-corrected chi connectivity index (χ1v) is 6.98. The summed E-state index contributed by atoms with van der Waals surface area (Å²) in [5.74, 6) is 1.38. The summed E-state index contributed by atoms with van der Waals surface area (Å²) >= 11 is 0. The maximum absolute atomic E-state index is 4.57. The van der Waals surface area contributed by atoms with Crippen LogP contribution in [0.5, 0.6) is 0 Å². The first kappa shape index (κ1) is 12.9. The summed E-state index contributed by atoms with van der Waals surface area (Å²) in [4.78, 5) is 12.4. The fraction of sp³-hybridized carbons (Fsp3) is 0.294. The van der Waals surface area contributed by atoms with Gasteiger partial charge in [0.2, 0.25) is 0 Å². The number of nitrogens with zero attached hydrogens (tertiary/aromatic N) is 2. The summed E-state index contributed by atoms with van der Waals surface area (Å²) in [6.07, 6.45) is 1.86. The maximum Gasteiger partial charge on any atom is 0.157 e. The second-order valence-electron chi connectivity index (χ2n) is 5.59. The van der Waals surface area contributed by atoms with Crippen LogP contribution in [0.2, 0.25) is 0 Å². The van der Waals surface area contributed by atoms with Crippen molar-refractivity contribution in [3.63, 3.8) is 0 Å². The van der Waals surface area contributed by atoms with E-state index in [9.17, 15) is 0 Å². The molecule has 0 saturated carbocycles. The average molecular weight is 265 g/mol. The summed E-state index contributed by atoms with van der Waals surface area (Å²) in [7, 11) is 0. The van der Waals surface area contributed by atoms with E-state index in [2.05, 4.69) is 53.1 Å². The Morgan fingerprint density at radius 1 is 1.10 bits per heavy atom. The topological polar surface area (TPSA) is 41.6 Å². The zero-order valence-corrected chi connectivity index (χ0v) is 12.4. The summed E-state index contributed by atoms with van der Waals surface area (Å²) < 4.78 is 0. The largest absolute Gasteiger partial charge is 0.341 e. The number of nitrogens with one attached hydrogen (secondary N) is 1. The molecule has 1 aromatic carbocycles. The number of benzene rings is 1. The van der Waals surface area contributed by atoms with E-state index in [0.717, 1.165) is 28.3 Å². The SMILES string of the molecule is Cc1nc(-c2nccc3cc(C(C)C)ccc23)[nH]c1C. The molecule has 0 fully saturated rings. The standard InChI is InChI=1S/C17H19N3/c1-10(2)13-5-6-15-14(9-13)7-8-18-16(15)17-19-11(3)12(4)20-17/h5-10H,1-4H3,(H,19,20). The van der Waals surface area contributed by atoms with Gasteiger partial charge in [-0.15, -0.1) is 0 Å². The van der Waals surface area contributed by atoms with Gasteiger partial charge in [0, 0.05) is 17.3 Å². The van der Waals surface area contributed by atoms with Crippen LogP contribution in [0, 0.1) is 13.8 Å². The lowest BCUT2D eigenvalue weighted by Gasteiger charge is -2.08. The third-order valence-electron chi connectivity index (χ3n) is 3.81. The summed E-state index contributed by atoms with van der Waals surface area (Å²) in [5.41, 5.74) is 4.39. The summed E-state index contributed by atoms with van der Waals surface area (Å²) in [6, 6.07) is 8.64. The number of hydrogen-bond acceptors (Lipinski definition) is 2. The van der Waals surface area contributed by atoms with Crippen LogP contribution in [0.1, 0.15) is 36.7 Å². The van der Waals surface area contributed by atoms with E-state index in [1.807, 2.05) is 20.0 Å². The van der Waals surface area contributed by atoms with E-state index in [1.54, 1.807) is 0 Å². The third kappa shape index (κ3) is 2.09. The van der Waals surface area contributed by atoms with Crippen molar-refractivity contribution in [3.8, 4) is 11.5 Å². The summed E-state index contributed by atoms with van der Waals surface area (Å²) in [6.45, 7) is 8.47. The van der Waals surface area contributed by atoms with Crippen LogP contribution in [-0.4, -0.2) is 15.0 Å². The molecule has 0 bridgehead atoms. The monoisotopic (exact) mass is 265 g/mol. The lowest BCUT2D eigenvalue weighted by atomic mass is 9.99. The van der Waals surface area contributed by atoms with Gasteiger partial charge in [0.05, 0.1) is 5.69 Å². The number of aromatic nitrogens is 3. The van der Waals surface area contributed by atoms with Crippen LogP contribution in [0.4, 0.5) is 0 Å². The molecule has 3 rings (SSSR count). The zero-order chi connectivity index (χ0) is 14.3. The highest BCUT2D eigenvalue weighted by Crippen LogP contribution is 2.27. The fourth-order valence-corrected chi connectivity index (χ4v) is 2.40. The number of aromatic amines is 1. The fourth-order valence-electron chi connectivity index (χ4n) is 2.40. The number of aryl methyl sites for hydroxylation is 2. The summed E-state index contributed by atoms with van der Waals surface area (Å²) in [5, 5.41) is 2.36. The molecule has 0 amide bonds. The molecule has 3 nitrogen and oxygen atoms in total. The van der Waals surface area contributed by atoms with Gasteiger partial charge in [-0.05, 0) is 36.8 Å². The van der Waals surface area contributed by atoms with Crippen molar-refractivity contribution in [3.05, 3.63) is 47.4 Å². The van der Waals surface area contributed by atoms with Gasteiger partial charge in [-0.2, -0.15) is 0 Å². The zero-order valence-electron chi connectivity index (χ0n) is 12.4. The minimum atomic E-state index is 0.532. The predicted octanol–water partition coefficient (Wildman–Crippen LogP) is 4.37. The number of hydrogen-bond donors (Lipinski definition) is 1. The van der Waals surface area contributed by atoms with E-state index >= 15 is 0 Å². The Morgan fingerprint density at radius 2 is 1.90 bits per heavy atom. The lowest BCUT2D eigenvalue weighted by molar-refractivity contribution is 0.869. The minimum Gasteiger partial charge on any atom is -0.341 e. The van der Waals surface area contributed by atoms with Crippen molar-refractivity contribution in [2.45, 2.75) is 33.6 Å². The Hall–Kier alpha value is -2.16. The van der Waals surface area contributed by atoms with E-state index in [4.69, 9.17) is 0 Å². The molecule has 0 radical (unpaired) electrons. The highest BCUT2D eigenvalue weighted by molar-refractivity contribution is 5.93. The Labute approximate surface area is 119 Å². The van der Waals surface area contributed by atoms with Crippen LogP contribution < -0.4 is 0 Å². The van der Waals surface area contributed by atoms with Crippen LogP contribution in [0.3, 0.4) is 0 Å². The normalized spacial score (nSPS) is 11.4. The quantitative estimate of drug-likeness (QED) is 0.747. The van der Waals surface area contributed by atoms with Crippen molar-refractivity contribution in [1.82, 2.24) is 15.0 Å². The Morgan fingerprint density at radius 3 is 2.55 bits per heavy atom. The van der Waals surface area contributed by atoms with Crippen LogP contribution in [-0.2, 0) is 0 Å². The molecule has 20 heavy (non-hydrogen) atoms. The molecular weight excluding hydrogens is 246 g/mol. The van der Waals surface area contributed by atoms with Crippen molar-refractivity contribution in [2.75, 3.05) is 0 Å². The second-order valence-corrected chi connectivity index (χ2v) is 5.59. The van der Waals surface area contributed by atoms with Crippen molar-refractivity contribution in [1.29, 1.82) is 0 Å². The Bertz CT molecular complexity index is 750. The molecule has 1 N–H and O–H groups in total. The Balaban J connectivity index is 2.21. The van der Waals surface area contributed by atoms with E-state index in [-0.39, 0.29) is 0 Å². The average Bonchev–Trinajstić information content (AvgIpc) is 2.77. The highest BCUT2D eigenvalue weighted by Gasteiger charge is 2.11. The molecule has 0 atom stereocenters. The van der Waals surface area contributed by atoms with Crippen LogP contribution >= 0.6 is 0 Å². The van der Waals surface area contributed by atoms with E-state index in [1.165, 1.54) is 10.9 Å². The van der Waals surface area contributed by atoms with Gasteiger partial charge in [0.25, 0.3) is 0 Å². The van der Waals surface area contributed by atoms with Crippen molar-refractivity contribution in [2.24, 2.45) is 0 Å². The van der Waals surface area contributed by atoms with E-state index < -0.39 is 0 Å². The molecule has 0 aliphatic rings. The number of H-pyrrole nitrogens is 1. The van der Waals surface area contributed by atoms with Gasteiger partial charge in [0.1, 0.15) is 5.69 Å². The van der Waals surface area contributed by atoms with Gasteiger partial charge in [-0.3, -0.25) is 4.98 Å². The molecular formula is C17H19N3. The highest BCUT2D eigenvalue weighted by atomic mass is 15.0. The molecule has 0 aliphatic carbocycles. The van der Waals surface area contributed by atoms with Crippen molar-refractivity contribution < 1.29 is 0 Å². The molecule has 102 valence electrons. The van der Waals surface area contributed by atoms with Crippen molar-refractivity contribution >= 4 is 10.8 Å². The first-order chi connectivity index (χ1) is 9.56. The maximum atomic E-state index is 4.57. The smallest absolute Gasteiger partial charge is 0.157 e. The van der Waals surface area contributed by atoms with E-state index in [0.29, 0.717) is 5.92 Å². The Kier molecular flexibility index (Phi) is 3.05. The molecule has 0 aliphatic heterocycles. The molecule has 0 unspecified atom stereocenters. The van der Waals surface area contributed by atoms with Gasteiger partial charge >= 0.3 is 0 Å². The second kappa shape index (κ2) is 4.75. The molecule has 2 aromatic heterocycles. The molecule has 2 heterocycles. The number of rotatable bonds is 2. The molecule has 3 aromatic rings. The van der Waals surface area contributed by atoms with Gasteiger partial charge in [-0.25, -0.2) is 4.98 Å². The van der Waals surface area contributed by atoms with Gasteiger partial charge < -0.3 is 4.98 Å². The van der Waals surface area contributed by atoms with Gasteiger partial charge in [-0.1, -0.05) is 32.0 Å². The van der Waals surface area contributed by atoms with Crippen LogP contribution in [0.25, 0.3) is 22.3 Å².